The zero-order chi connectivity index (χ0) is 23.7. The number of carbonyl (C=O) groups is 1. The third kappa shape index (κ3) is 4.13. The lowest BCUT2D eigenvalue weighted by molar-refractivity contribution is -0.129. The van der Waals surface area contributed by atoms with Gasteiger partial charge in [-0.3, -0.25) is 14.5 Å². The van der Waals surface area contributed by atoms with Crippen LogP contribution in [0.5, 0.6) is 0 Å². The molecule has 8 heteroatoms. The first-order chi connectivity index (χ1) is 16.5. The van der Waals surface area contributed by atoms with Crippen LogP contribution in [0.2, 0.25) is 0 Å². The fourth-order valence-electron chi connectivity index (χ4n) is 3.75. The van der Waals surface area contributed by atoms with Gasteiger partial charge in [-0.1, -0.05) is 24.3 Å². The third-order valence-electron chi connectivity index (χ3n) is 5.61. The fourth-order valence-corrected chi connectivity index (χ4v) is 3.75. The van der Waals surface area contributed by atoms with Crippen LogP contribution < -0.4 is 0 Å². The van der Waals surface area contributed by atoms with Crippen LogP contribution in [0.15, 0.2) is 79.6 Å². The molecule has 0 spiro atoms. The highest BCUT2D eigenvalue weighted by molar-refractivity contribution is 5.98. The molecule has 7 nitrogen and oxygen atoms in total. The second kappa shape index (κ2) is 8.82. The zero-order valence-corrected chi connectivity index (χ0v) is 18.7. The SMILES string of the molecule is CN(C)C(=O)Cn1cc(-c2ccc(-c3cncc4cc(F)c(-c5ncccn5)cc34)cc2)cn1. The van der Waals surface area contributed by atoms with E-state index < -0.39 is 5.82 Å². The molecule has 2 aromatic carbocycles. The van der Waals surface area contributed by atoms with Crippen molar-refractivity contribution >= 4 is 16.7 Å². The number of hydrogen-bond acceptors (Lipinski definition) is 5. The maximum atomic E-state index is 14.8. The fraction of sp³-hybridized carbons (Fsp3) is 0.115. The van der Waals surface area contributed by atoms with E-state index in [0.717, 1.165) is 27.6 Å². The molecule has 0 aliphatic rings. The van der Waals surface area contributed by atoms with Crippen molar-refractivity contribution in [1.82, 2.24) is 29.6 Å². The highest BCUT2D eigenvalue weighted by Crippen LogP contribution is 2.33. The van der Waals surface area contributed by atoms with E-state index in [0.29, 0.717) is 16.8 Å². The standard InChI is InChI=1S/C26H21FN6O/c1-32(2)25(34)16-33-15-20(13-31-33)17-4-6-18(7-5-17)23-14-28-12-19-10-24(27)22(11-21(19)23)26-29-8-3-9-30-26/h3-15H,16H2,1-2H3. The molecule has 3 heterocycles. The number of amides is 1. The summed E-state index contributed by atoms with van der Waals surface area (Å²) < 4.78 is 16.4. The molecule has 3 aromatic heterocycles. The Morgan fingerprint density at radius 3 is 2.41 bits per heavy atom. The summed E-state index contributed by atoms with van der Waals surface area (Å²) in [5.74, 6) is -0.0762. The molecular formula is C26H21FN6O. The first kappa shape index (κ1) is 21.4. The molecule has 1 amide bonds. The van der Waals surface area contributed by atoms with Gasteiger partial charge in [-0.05, 0) is 34.7 Å². The number of aromatic nitrogens is 5. The molecule has 0 N–H and O–H groups in total. The van der Waals surface area contributed by atoms with Gasteiger partial charge in [0.05, 0.1) is 11.8 Å². The van der Waals surface area contributed by atoms with Gasteiger partial charge in [-0.2, -0.15) is 5.10 Å². The number of rotatable bonds is 5. The van der Waals surface area contributed by atoms with Crippen LogP contribution in [0, 0.1) is 5.82 Å². The van der Waals surface area contributed by atoms with E-state index in [1.54, 1.807) is 61.9 Å². The minimum absolute atomic E-state index is 0.0230. The van der Waals surface area contributed by atoms with Crippen molar-refractivity contribution in [2.24, 2.45) is 0 Å². The van der Waals surface area contributed by atoms with E-state index in [1.807, 2.05) is 30.5 Å². The van der Waals surface area contributed by atoms with Crippen molar-refractivity contribution in [3.8, 4) is 33.6 Å². The van der Waals surface area contributed by atoms with Gasteiger partial charge in [0.2, 0.25) is 5.91 Å². The Morgan fingerprint density at radius 1 is 0.941 bits per heavy atom. The number of benzene rings is 2. The van der Waals surface area contributed by atoms with E-state index in [9.17, 15) is 9.18 Å². The van der Waals surface area contributed by atoms with Crippen molar-refractivity contribution in [3.05, 3.63) is 85.5 Å². The van der Waals surface area contributed by atoms with Crippen LogP contribution in [0.1, 0.15) is 0 Å². The van der Waals surface area contributed by atoms with E-state index >= 15 is 0 Å². The molecule has 0 aliphatic heterocycles. The maximum absolute atomic E-state index is 14.8. The molecular weight excluding hydrogens is 431 g/mol. The van der Waals surface area contributed by atoms with Crippen LogP contribution in [0.4, 0.5) is 4.39 Å². The van der Waals surface area contributed by atoms with Gasteiger partial charge in [-0.25, -0.2) is 14.4 Å². The predicted octanol–water partition coefficient (Wildman–Crippen LogP) is 4.45. The third-order valence-corrected chi connectivity index (χ3v) is 5.61. The predicted molar refractivity (Wildman–Crippen MR) is 128 cm³/mol. The molecule has 0 atom stereocenters. The van der Waals surface area contributed by atoms with Crippen LogP contribution in [0.25, 0.3) is 44.4 Å². The van der Waals surface area contributed by atoms with E-state index in [-0.39, 0.29) is 12.5 Å². The number of halogens is 1. The Kier molecular flexibility index (Phi) is 5.55. The summed E-state index contributed by atoms with van der Waals surface area (Å²) in [6, 6.07) is 12.9. The number of pyridine rings is 1. The van der Waals surface area contributed by atoms with Gasteiger partial charge >= 0.3 is 0 Å². The smallest absolute Gasteiger partial charge is 0.243 e. The van der Waals surface area contributed by atoms with Gasteiger partial charge in [0.1, 0.15) is 12.4 Å². The number of carbonyl (C=O) groups excluding carboxylic acids is 1. The monoisotopic (exact) mass is 452 g/mol. The second-order valence-electron chi connectivity index (χ2n) is 8.10. The van der Waals surface area contributed by atoms with E-state index in [2.05, 4.69) is 20.1 Å². The van der Waals surface area contributed by atoms with Crippen LogP contribution in [-0.2, 0) is 11.3 Å². The minimum atomic E-state index is -0.391. The highest BCUT2D eigenvalue weighted by Gasteiger charge is 2.13. The second-order valence-corrected chi connectivity index (χ2v) is 8.10. The highest BCUT2D eigenvalue weighted by atomic mass is 19.1. The molecule has 34 heavy (non-hydrogen) atoms. The largest absolute Gasteiger partial charge is 0.347 e. The Labute approximate surface area is 195 Å². The Hall–Kier alpha value is -4.46. The first-order valence-electron chi connectivity index (χ1n) is 10.7. The van der Waals surface area contributed by atoms with Crippen molar-refractivity contribution in [2.45, 2.75) is 6.54 Å². The Bertz CT molecular complexity index is 1480. The summed E-state index contributed by atoms with van der Waals surface area (Å²) in [4.78, 5) is 26.2. The Balaban J connectivity index is 1.49. The van der Waals surface area contributed by atoms with Gasteiger partial charge in [-0.15, -0.1) is 0 Å². The normalized spacial score (nSPS) is 11.0. The van der Waals surface area contributed by atoms with Crippen LogP contribution in [0.3, 0.4) is 0 Å². The minimum Gasteiger partial charge on any atom is -0.347 e. The number of fused-ring (bicyclic) bond motifs is 1. The molecule has 0 bridgehead atoms. The zero-order valence-electron chi connectivity index (χ0n) is 18.7. The summed E-state index contributed by atoms with van der Waals surface area (Å²) in [5.41, 5.74) is 4.07. The molecule has 5 rings (SSSR count). The van der Waals surface area contributed by atoms with Crippen molar-refractivity contribution in [1.29, 1.82) is 0 Å². The van der Waals surface area contributed by atoms with E-state index in [1.165, 1.54) is 11.0 Å². The van der Waals surface area contributed by atoms with Crippen LogP contribution in [-0.4, -0.2) is 49.6 Å². The molecule has 0 aliphatic carbocycles. The van der Waals surface area contributed by atoms with Crippen LogP contribution >= 0.6 is 0 Å². The first-order valence-corrected chi connectivity index (χ1v) is 10.7. The lowest BCUT2D eigenvalue weighted by atomic mass is 9.97. The summed E-state index contributed by atoms with van der Waals surface area (Å²) in [5, 5.41) is 5.86. The van der Waals surface area contributed by atoms with Gasteiger partial charge in [0.25, 0.3) is 0 Å². The Morgan fingerprint density at radius 2 is 1.68 bits per heavy atom. The maximum Gasteiger partial charge on any atom is 0.243 e. The molecule has 0 radical (unpaired) electrons. The quantitative estimate of drug-likeness (QED) is 0.394. The average Bonchev–Trinajstić information content (AvgIpc) is 3.32. The summed E-state index contributed by atoms with van der Waals surface area (Å²) in [6.07, 6.45) is 10.2. The van der Waals surface area contributed by atoms with Crippen molar-refractivity contribution < 1.29 is 9.18 Å². The summed E-state index contributed by atoms with van der Waals surface area (Å²) >= 11 is 0. The molecule has 0 saturated heterocycles. The average molecular weight is 452 g/mol. The molecule has 0 unspecified atom stereocenters. The molecule has 0 fully saturated rings. The van der Waals surface area contributed by atoms with Crippen molar-refractivity contribution in [3.63, 3.8) is 0 Å². The lowest BCUT2D eigenvalue weighted by Crippen LogP contribution is -2.26. The summed E-state index contributed by atoms with van der Waals surface area (Å²) in [7, 11) is 3.44. The topological polar surface area (TPSA) is 76.8 Å². The van der Waals surface area contributed by atoms with Gasteiger partial charge in [0, 0.05) is 61.6 Å². The van der Waals surface area contributed by atoms with E-state index in [4.69, 9.17) is 0 Å². The van der Waals surface area contributed by atoms with Crippen molar-refractivity contribution in [2.75, 3.05) is 14.1 Å². The lowest BCUT2D eigenvalue weighted by Gasteiger charge is -2.10. The molecule has 0 saturated carbocycles. The van der Waals surface area contributed by atoms with Gasteiger partial charge in [0.15, 0.2) is 5.82 Å². The molecule has 5 aromatic rings. The number of likely N-dealkylation sites (N-methyl/N-ethyl adjacent to an activating group) is 1. The molecule has 168 valence electrons. The van der Waals surface area contributed by atoms with Gasteiger partial charge < -0.3 is 4.90 Å². The number of nitrogens with zero attached hydrogens (tertiary/aromatic N) is 6. The number of hydrogen-bond donors (Lipinski definition) is 0. The summed E-state index contributed by atoms with van der Waals surface area (Å²) in [6.45, 7) is 0.191.